The maximum absolute atomic E-state index is 14.0. The number of imidazole rings is 1. The maximum atomic E-state index is 14.0. The fraction of sp³-hybridized carbons (Fsp3) is 0.423. The summed E-state index contributed by atoms with van der Waals surface area (Å²) in [7, 11) is 0. The topological polar surface area (TPSA) is 128 Å². The van der Waals surface area contributed by atoms with Crippen molar-refractivity contribution in [3.63, 3.8) is 0 Å². The van der Waals surface area contributed by atoms with Crippen LogP contribution in [0.1, 0.15) is 77.3 Å². The van der Waals surface area contributed by atoms with Crippen LogP contribution in [-0.2, 0) is 0 Å². The van der Waals surface area contributed by atoms with Crippen molar-refractivity contribution in [2.75, 3.05) is 0 Å². The van der Waals surface area contributed by atoms with Gasteiger partial charge in [0.05, 0.1) is 30.0 Å². The van der Waals surface area contributed by atoms with E-state index in [2.05, 4.69) is 40.5 Å². The number of alkyl halides is 4. The molecule has 11 nitrogen and oxygen atoms in total. The van der Waals surface area contributed by atoms with Crippen LogP contribution in [0.4, 0.5) is 22.0 Å². The highest BCUT2D eigenvalue weighted by atomic mass is 19.3. The van der Waals surface area contributed by atoms with Gasteiger partial charge in [-0.05, 0) is 54.6 Å². The third-order valence-electron chi connectivity index (χ3n) is 7.59. The summed E-state index contributed by atoms with van der Waals surface area (Å²) in [6.45, 7) is 1.54. The molecule has 2 atom stereocenters. The van der Waals surface area contributed by atoms with Crippen molar-refractivity contribution in [1.29, 1.82) is 0 Å². The Morgan fingerprint density at radius 3 is 2.64 bits per heavy atom. The summed E-state index contributed by atoms with van der Waals surface area (Å²) >= 11 is 0. The summed E-state index contributed by atoms with van der Waals surface area (Å²) in [6, 6.07) is 3.34. The first-order valence-corrected chi connectivity index (χ1v) is 13.2. The average molecular weight is 590 g/mol. The minimum Gasteiger partial charge on any atom is -0.342 e. The van der Waals surface area contributed by atoms with Gasteiger partial charge in [-0.25, -0.2) is 36.1 Å². The summed E-state index contributed by atoms with van der Waals surface area (Å²) in [5.74, 6) is -5.25. The van der Waals surface area contributed by atoms with Crippen molar-refractivity contribution in [3.8, 4) is 0 Å². The van der Waals surface area contributed by atoms with Crippen LogP contribution in [0.2, 0.25) is 0 Å². The Morgan fingerprint density at radius 2 is 1.93 bits per heavy atom. The lowest BCUT2D eigenvalue weighted by molar-refractivity contribution is -0.0495. The molecule has 1 N–H and O–H groups in total. The average Bonchev–Trinajstić information content (AvgIpc) is 3.68. The third kappa shape index (κ3) is 5.39. The third-order valence-corrected chi connectivity index (χ3v) is 7.59. The zero-order valence-electron chi connectivity index (χ0n) is 22.1. The van der Waals surface area contributed by atoms with Gasteiger partial charge in [-0.15, -0.1) is 10.2 Å². The number of fused-ring (bicyclic) bond motifs is 2. The molecule has 0 aliphatic heterocycles. The number of rotatable bonds is 8. The Labute approximate surface area is 234 Å². The molecule has 0 spiro atoms. The molecule has 1 amide bonds. The molecular weight excluding hydrogens is 565 g/mol. The van der Waals surface area contributed by atoms with Gasteiger partial charge >= 0.3 is 0 Å². The van der Waals surface area contributed by atoms with Gasteiger partial charge in [0.25, 0.3) is 5.91 Å². The molecule has 42 heavy (non-hydrogen) atoms. The molecule has 6 rings (SSSR count). The second-order valence-corrected chi connectivity index (χ2v) is 10.4. The number of carbonyl (C=O) groups excluding carboxylic acids is 1. The SMILES string of the molecule is Cc1nonc1C(=O)N[C@H](c1cn2ncc([C@@H](CC(F)F)c3nnc4ccc(F)cn34)cc2n1)C1CCC(F)(F)CC1. The van der Waals surface area contributed by atoms with Crippen molar-refractivity contribution >= 4 is 17.2 Å². The van der Waals surface area contributed by atoms with Crippen molar-refractivity contribution in [1.82, 2.24) is 44.8 Å². The van der Waals surface area contributed by atoms with Crippen LogP contribution in [0.3, 0.4) is 0 Å². The summed E-state index contributed by atoms with van der Waals surface area (Å²) in [4.78, 5) is 17.6. The monoisotopic (exact) mass is 589 g/mol. The molecular formula is C26H24F5N9O2. The molecule has 5 aromatic heterocycles. The van der Waals surface area contributed by atoms with Crippen LogP contribution in [0, 0.1) is 18.7 Å². The fourth-order valence-corrected chi connectivity index (χ4v) is 5.42. The first-order chi connectivity index (χ1) is 20.1. The number of carbonyl (C=O) groups is 1. The standard InChI is InChI=1S/C26H24F5N9O2/c1-13-22(38-42-37-13)25(41)34-23(14-4-6-26(30,31)7-5-14)18-12-40-21(33-18)8-15(10-32-40)17(9-19(28)29)24-36-35-20-3-2-16(27)11-39(20)24/h2-3,8,10-12,14,17,19,23H,4-7,9H2,1H3,(H,34,41)/t17-,23+/m1/s1. The number of nitrogens with zero attached hydrogens (tertiary/aromatic N) is 8. The van der Waals surface area contributed by atoms with Gasteiger partial charge in [0.1, 0.15) is 17.3 Å². The van der Waals surface area contributed by atoms with Crippen LogP contribution >= 0.6 is 0 Å². The van der Waals surface area contributed by atoms with E-state index in [0.717, 1.165) is 6.20 Å². The normalized spacial score (nSPS) is 17.2. The lowest BCUT2D eigenvalue weighted by Crippen LogP contribution is -2.37. The zero-order valence-corrected chi connectivity index (χ0v) is 22.1. The molecule has 1 saturated carbocycles. The summed E-state index contributed by atoms with van der Waals surface area (Å²) < 4.78 is 76.7. The molecule has 1 aliphatic rings. The smallest absolute Gasteiger partial charge is 0.276 e. The van der Waals surface area contributed by atoms with E-state index in [4.69, 9.17) is 0 Å². The fourth-order valence-electron chi connectivity index (χ4n) is 5.42. The summed E-state index contributed by atoms with van der Waals surface area (Å²) in [5, 5.41) is 22.4. The van der Waals surface area contributed by atoms with E-state index >= 15 is 0 Å². The lowest BCUT2D eigenvalue weighted by atomic mass is 9.81. The molecule has 16 heteroatoms. The Morgan fingerprint density at radius 1 is 1.14 bits per heavy atom. The van der Waals surface area contributed by atoms with E-state index in [1.54, 1.807) is 19.2 Å². The lowest BCUT2D eigenvalue weighted by Gasteiger charge is -2.33. The van der Waals surface area contributed by atoms with Crippen molar-refractivity contribution in [2.24, 2.45) is 5.92 Å². The van der Waals surface area contributed by atoms with Gasteiger partial charge in [-0.1, -0.05) is 5.16 Å². The van der Waals surface area contributed by atoms with Crippen LogP contribution in [0.5, 0.6) is 0 Å². The van der Waals surface area contributed by atoms with E-state index in [-0.39, 0.29) is 60.1 Å². The zero-order chi connectivity index (χ0) is 29.6. The van der Waals surface area contributed by atoms with Gasteiger partial charge in [0.15, 0.2) is 17.0 Å². The molecule has 0 aromatic carbocycles. The van der Waals surface area contributed by atoms with Crippen molar-refractivity contribution < 1.29 is 31.4 Å². The second kappa shape index (κ2) is 10.7. The minimum atomic E-state index is -2.79. The summed E-state index contributed by atoms with van der Waals surface area (Å²) in [5.41, 5.74) is 1.45. The molecule has 0 unspecified atom stereocenters. The van der Waals surface area contributed by atoms with Gasteiger partial charge in [0, 0.05) is 25.5 Å². The Kier molecular flexibility index (Phi) is 7.06. The number of hydrogen-bond acceptors (Lipinski definition) is 8. The number of aryl methyl sites for hydroxylation is 1. The van der Waals surface area contributed by atoms with Crippen LogP contribution in [0.15, 0.2) is 41.4 Å². The number of aromatic nitrogens is 8. The molecule has 1 fully saturated rings. The predicted octanol–water partition coefficient (Wildman–Crippen LogP) is 4.69. The highest BCUT2D eigenvalue weighted by Gasteiger charge is 2.40. The Balaban J connectivity index is 1.37. The molecule has 0 saturated heterocycles. The van der Waals surface area contributed by atoms with E-state index in [1.165, 1.54) is 27.2 Å². The van der Waals surface area contributed by atoms with Crippen molar-refractivity contribution in [3.05, 3.63) is 71.1 Å². The molecule has 0 radical (unpaired) electrons. The Hall–Kier alpha value is -4.50. The minimum absolute atomic E-state index is 0.0443. The van der Waals surface area contributed by atoms with E-state index in [9.17, 15) is 26.7 Å². The maximum Gasteiger partial charge on any atom is 0.276 e. The van der Waals surface area contributed by atoms with Gasteiger partial charge < -0.3 is 5.32 Å². The van der Waals surface area contributed by atoms with Gasteiger partial charge in [-0.3, -0.25) is 9.20 Å². The number of hydrogen-bond donors (Lipinski definition) is 1. The second-order valence-electron chi connectivity index (χ2n) is 10.4. The van der Waals surface area contributed by atoms with Crippen LogP contribution in [0.25, 0.3) is 11.3 Å². The summed E-state index contributed by atoms with van der Waals surface area (Å²) in [6.07, 6.45) is 0.277. The number of amides is 1. The van der Waals surface area contributed by atoms with Crippen LogP contribution < -0.4 is 5.32 Å². The van der Waals surface area contributed by atoms with E-state index in [1.807, 2.05) is 0 Å². The number of halogens is 5. The molecule has 220 valence electrons. The van der Waals surface area contributed by atoms with Gasteiger partial charge in [0.2, 0.25) is 12.3 Å². The largest absolute Gasteiger partial charge is 0.342 e. The number of nitrogens with one attached hydrogen (secondary N) is 1. The van der Waals surface area contributed by atoms with Crippen LogP contribution in [-0.4, -0.2) is 57.8 Å². The quantitative estimate of drug-likeness (QED) is 0.258. The first kappa shape index (κ1) is 27.7. The first-order valence-electron chi connectivity index (χ1n) is 13.2. The highest BCUT2D eigenvalue weighted by Crippen LogP contribution is 2.41. The molecule has 5 heterocycles. The molecule has 5 aromatic rings. The van der Waals surface area contributed by atoms with Crippen molar-refractivity contribution in [2.45, 2.75) is 63.3 Å². The highest BCUT2D eigenvalue weighted by molar-refractivity contribution is 5.93. The number of pyridine rings is 1. The van der Waals surface area contributed by atoms with E-state index in [0.29, 0.717) is 11.3 Å². The molecule has 0 bridgehead atoms. The van der Waals surface area contributed by atoms with E-state index < -0.39 is 42.5 Å². The predicted molar refractivity (Wildman–Crippen MR) is 135 cm³/mol. The van der Waals surface area contributed by atoms with Gasteiger partial charge in [-0.2, -0.15) is 5.10 Å². The Bertz CT molecular complexity index is 1740. The molecule has 1 aliphatic carbocycles.